The zero-order chi connectivity index (χ0) is 13.0. The predicted molar refractivity (Wildman–Crippen MR) is 62.9 cm³/mol. The molecule has 0 fully saturated rings. The molecule has 4 nitrogen and oxygen atoms in total. The van der Waals surface area contributed by atoms with Crippen LogP contribution in [0.5, 0.6) is 0 Å². The van der Waals surface area contributed by atoms with Gasteiger partial charge < -0.3 is 14.8 Å². The van der Waals surface area contributed by atoms with Gasteiger partial charge in [0.25, 0.3) is 5.91 Å². The third-order valence-electron chi connectivity index (χ3n) is 2.24. The Labute approximate surface area is 100 Å². The summed E-state index contributed by atoms with van der Waals surface area (Å²) in [6.45, 7) is 1.93. The van der Waals surface area contributed by atoms with Crippen molar-refractivity contribution in [3.63, 3.8) is 0 Å². The van der Waals surface area contributed by atoms with Crippen LogP contribution in [0, 0.1) is 6.92 Å². The Bertz CT molecular complexity index is 458. The molecule has 1 aromatic carbocycles. The zero-order valence-corrected chi connectivity index (χ0v) is 10.1. The van der Waals surface area contributed by atoms with Crippen LogP contribution in [0.2, 0.25) is 0 Å². The fraction of sp³-hybridized carbons (Fsp3) is 0.231. The summed E-state index contributed by atoms with van der Waals surface area (Å²) >= 11 is 0. The van der Waals surface area contributed by atoms with Crippen molar-refractivity contribution >= 4 is 18.0 Å². The molecule has 0 aromatic heterocycles. The summed E-state index contributed by atoms with van der Waals surface area (Å²) in [6.07, 6.45) is 1.32. The molecule has 0 spiro atoms. The molecule has 0 aliphatic heterocycles. The van der Waals surface area contributed by atoms with Gasteiger partial charge in [-0.05, 0) is 18.6 Å². The maximum absolute atomic E-state index is 11.6. The summed E-state index contributed by atoms with van der Waals surface area (Å²) in [6, 6.07) is 7.19. The molecule has 1 aromatic rings. The standard InChI is InChI=1S/C13H15NO3/c1-9-4-6-10(7-5-9)8-11(13(16)17)12(15)14(2)3/h4-8H,1-3H3,(H,16,17)/p-1/b11-8+. The number of carbonyl (C=O) groups is 2. The monoisotopic (exact) mass is 232 g/mol. The lowest BCUT2D eigenvalue weighted by Crippen LogP contribution is -2.34. The summed E-state index contributed by atoms with van der Waals surface area (Å²) in [5.74, 6) is -2.05. The Kier molecular flexibility index (Phi) is 4.04. The lowest BCUT2D eigenvalue weighted by atomic mass is 10.1. The van der Waals surface area contributed by atoms with Gasteiger partial charge >= 0.3 is 0 Å². The van der Waals surface area contributed by atoms with Gasteiger partial charge in [-0.3, -0.25) is 4.79 Å². The molecule has 0 heterocycles. The van der Waals surface area contributed by atoms with Crippen LogP contribution in [0.25, 0.3) is 6.08 Å². The highest BCUT2D eigenvalue weighted by molar-refractivity contribution is 6.18. The summed E-state index contributed by atoms with van der Waals surface area (Å²) in [5, 5.41) is 10.9. The molecule has 0 radical (unpaired) electrons. The number of hydrogen-bond acceptors (Lipinski definition) is 3. The Morgan fingerprint density at radius 2 is 1.71 bits per heavy atom. The van der Waals surface area contributed by atoms with Crippen LogP contribution in [-0.4, -0.2) is 30.9 Å². The maximum atomic E-state index is 11.6. The first-order valence-corrected chi connectivity index (χ1v) is 5.13. The number of hydrogen-bond donors (Lipinski definition) is 0. The van der Waals surface area contributed by atoms with Gasteiger partial charge in [-0.2, -0.15) is 0 Å². The van der Waals surface area contributed by atoms with E-state index in [0.717, 1.165) is 5.56 Å². The third-order valence-corrected chi connectivity index (χ3v) is 2.24. The van der Waals surface area contributed by atoms with Crippen molar-refractivity contribution in [3.8, 4) is 0 Å². The molecule has 1 amide bonds. The van der Waals surface area contributed by atoms with Gasteiger partial charge in [0.05, 0.1) is 11.5 Å². The average molecular weight is 232 g/mol. The van der Waals surface area contributed by atoms with Gasteiger partial charge in [-0.15, -0.1) is 0 Å². The van der Waals surface area contributed by atoms with E-state index in [9.17, 15) is 14.7 Å². The van der Waals surface area contributed by atoms with E-state index >= 15 is 0 Å². The van der Waals surface area contributed by atoms with E-state index in [2.05, 4.69) is 0 Å². The first kappa shape index (κ1) is 13.0. The number of nitrogens with zero attached hydrogens (tertiary/aromatic N) is 1. The highest BCUT2D eigenvalue weighted by Crippen LogP contribution is 2.09. The van der Waals surface area contributed by atoms with Crippen LogP contribution in [0.3, 0.4) is 0 Å². The summed E-state index contributed by atoms with van der Waals surface area (Å²) < 4.78 is 0. The number of aliphatic carboxylic acids is 1. The van der Waals surface area contributed by atoms with Crippen molar-refractivity contribution in [1.29, 1.82) is 0 Å². The summed E-state index contributed by atoms with van der Waals surface area (Å²) in [4.78, 5) is 23.7. The number of likely N-dealkylation sites (N-methyl/N-ethyl adjacent to an activating group) is 1. The van der Waals surface area contributed by atoms with E-state index in [1.165, 1.54) is 25.1 Å². The molecule has 0 unspecified atom stereocenters. The molecule has 0 aliphatic rings. The summed E-state index contributed by atoms with van der Waals surface area (Å²) in [5.41, 5.74) is 1.37. The first-order chi connectivity index (χ1) is 7.91. The lowest BCUT2D eigenvalue weighted by Gasteiger charge is -2.14. The zero-order valence-electron chi connectivity index (χ0n) is 10.1. The van der Waals surface area contributed by atoms with Gasteiger partial charge in [0.2, 0.25) is 0 Å². The minimum absolute atomic E-state index is 0.348. The number of amides is 1. The van der Waals surface area contributed by atoms with Crippen LogP contribution >= 0.6 is 0 Å². The van der Waals surface area contributed by atoms with E-state index < -0.39 is 11.9 Å². The molecule has 17 heavy (non-hydrogen) atoms. The molecular weight excluding hydrogens is 218 g/mol. The van der Waals surface area contributed by atoms with Crippen LogP contribution in [0.1, 0.15) is 11.1 Å². The van der Waals surface area contributed by atoms with Crippen LogP contribution in [0.4, 0.5) is 0 Å². The number of aryl methyl sites for hydroxylation is 1. The van der Waals surface area contributed by atoms with Gasteiger partial charge in [0.15, 0.2) is 0 Å². The van der Waals surface area contributed by atoms with Gasteiger partial charge in [0.1, 0.15) is 0 Å². The SMILES string of the molecule is Cc1ccc(/C=C(/C(=O)[O-])C(=O)N(C)C)cc1. The van der Waals surface area contributed by atoms with Crippen LogP contribution < -0.4 is 5.11 Å². The Hall–Kier alpha value is -2.10. The van der Waals surface area contributed by atoms with E-state index in [1.807, 2.05) is 19.1 Å². The van der Waals surface area contributed by atoms with Gasteiger partial charge in [-0.25, -0.2) is 0 Å². The van der Waals surface area contributed by atoms with E-state index in [4.69, 9.17) is 0 Å². The molecule has 0 saturated heterocycles. The number of carboxylic acid groups (broad SMARTS) is 1. The maximum Gasteiger partial charge on any atom is 0.255 e. The van der Waals surface area contributed by atoms with Crippen molar-refractivity contribution in [1.82, 2.24) is 4.90 Å². The predicted octanol–water partition coefficient (Wildman–Crippen LogP) is 0.217. The smallest absolute Gasteiger partial charge is 0.255 e. The largest absolute Gasteiger partial charge is 0.545 e. The Morgan fingerprint density at radius 3 is 2.12 bits per heavy atom. The number of rotatable bonds is 3. The number of carboxylic acids is 1. The van der Waals surface area contributed by atoms with Crippen LogP contribution in [-0.2, 0) is 9.59 Å². The first-order valence-electron chi connectivity index (χ1n) is 5.13. The molecule has 0 aliphatic carbocycles. The second kappa shape index (κ2) is 5.30. The minimum Gasteiger partial charge on any atom is -0.545 e. The van der Waals surface area contributed by atoms with Crippen molar-refractivity contribution < 1.29 is 14.7 Å². The Morgan fingerprint density at radius 1 is 1.18 bits per heavy atom. The van der Waals surface area contributed by atoms with Crippen molar-refractivity contribution in [2.24, 2.45) is 0 Å². The fourth-order valence-electron chi connectivity index (χ4n) is 1.28. The highest BCUT2D eigenvalue weighted by atomic mass is 16.4. The second-order valence-electron chi connectivity index (χ2n) is 3.96. The van der Waals surface area contributed by atoms with E-state index in [0.29, 0.717) is 5.56 Å². The Balaban J connectivity index is 3.11. The van der Waals surface area contributed by atoms with Gasteiger partial charge in [0, 0.05) is 14.1 Å². The molecule has 0 bridgehead atoms. The van der Waals surface area contributed by atoms with Gasteiger partial charge in [-0.1, -0.05) is 29.8 Å². The average Bonchev–Trinajstić information content (AvgIpc) is 2.26. The molecule has 1 rings (SSSR count). The summed E-state index contributed by atoms with van der Waals surface area (Å²) in [7, 11) is 2.99. The number of carbonyl (C=O) groups excluding carboxylic acids is 2. The van der Waals surface area contributed by atoms with E-state index in [-0.39, 0.29) is 5.57 Å². The molecular formula is C13H14NO3-. The third kappa shape index (κ3) is 3.45. The van der Waals surface area contributed by atoms with Crippen molar-refractivity contribution in [3.05, 3.63) is 41.0 Å². The molecule has 90 valence electrons. The normalized spacial score (nSPS) is 11.1. The van der Waals surface area contributed by atoms with Crippen molar-refractivity contribution in [2.75, 3.05) is 14.1 Å². The van der Waals surface area contributed by atoms with Crippen molar-refractivity contribution in [2.45, 2.75) is 6.92 Å². The van der Waals surface area contributed by atoms with E-state index in [1.54, 1.807) is 12.1 Å². The number of benzene rings is 1. The minimum atomic E-state index is -1.47. The lowest BCUT2D eigenvalue weighted by molar-refractivity contribution is -0.298. The molecule has 0 N–H and O–H groups in total. The molecule has 0 saturated carbocycles. The van der Waals surface area contributed by atoms with Crippen LogP contribution in [0.15, 0.2) is 29.8 Å². The highest BCUT2D eigenvalue weighted by Gasteiger charge is 2.12. The molecule has 0 atom stereocenters. The quantitative estimate of drug-likeness (QED) is 0.425. The topological polar surface area (TPSA) is 60.4 Å². The second-order valence-corrected chi connectivity index (χ2v) is 3.96. The molecule has 4 heteroatoms. The fourth-order valence-corrected chi connectivity index (χ4v) is 1.28.